The number of hydrogen-bond acceptors (Lipinski definition) is 5. The van der Waals surface area contributed by atoms with Gasteiger partial charge in [0.05, 0.1) is 11.6 Å². The number of benzene rings is 1. The van der Waals surface area contributed by atoms with Crippen LogP contribution >= 0.6 is 0 Å². The van der Waals surface area contributed by atoms with Gasteiger partial charge in [-0.1, -0.05) is 30.3 Å². The predicted molar refractivity (Wildman–Crippen MR) is 97.2 cm³/mol. The quantitative estimate of drug-likeness (QED) is 0.722. The van der Waals surface area contributed by atoms with Gasteiger partial charge in [0.25, 0.3) is 0 Å². The van der Waals surface area contributed by atoms with E-state index in [1.54, 1.807) is 4.68 Å². The van der Waals surface area contributed by atoms with Crippen LogP contribution in [-0.4, -0.2) is 51.3 Å². The Morgan fingerprint density at radius 1 is 1.12 bits per heavy atom. The van der Waals surface area contributed by atoms with Gasteiger partial charge >= 0.3 is 0 Å². The number of nitrogens with zero attached hydrogens (tertiary/aromatic N) is 5. The van der Waals surface area contributed by atoms with E-state index >= 15 is 0 Å². The van der Waals surface area contributed by atoms with Crippen molar-refractivity contribution in [3.05, 3.63) is 47.9 Å². The number of aryl methyl sites for hydroxylation is 2. The van der Waals surface area contributed by atoms with Crippen molar-refractivity contribution in [2.45, 2.75) is 13.3 Å². The van der Waals surface area contributed by atoms with Crippen LogP contribution in [0.2, 0.25) is 0 Å². The predicted octanol–water partition coefficient (Wildman–Crippen LogP) is 2.26. The van der Waals surface area contributed by atoms with Crippen LogP contribution in [0, 0.1) is 6.92 Å². The minimum Gasteiger partial charge on any atom is -0.368 e. The van der Waals surface area contributed by atoms with Crippen LogP contribution in [0.15, 0.2) is 36.5 Å². The van der Waals surface area contributed by atoms with Crippen LogP contribution in [-0.2, 0) is 13.5 Å². The van der Waals surface area contributed by atoms with Gasteiger partial charge < -0.3 is 10.2 Å². The molecule has 0 spiro atoms. The summed E-state index contributed by atoms with van der Waals surface area (Å²) in [6, 6.07) is 10.6. The van der Waals surface area contributed by atoms with Crippen LogP contribution < -0.4 is 5.32 Å². The van der Waals surface area contributed by atoms with Crippen molar-refractivity contribution in [1.82, 2.24) is 24.6 Å². The minimum absolute atomic E-state index is 0.756. The standard InChI is InChI=1S/C18H24N6/c1-14-21-17(16-13-20-24(3)18(16)22-14)19-10-12-23(2)11-9-15-7-5-4-6-8-15/h4-8,13H,9-12H2,1-3H3,(H,19,21,22). The third-order valence-corrected chi connectivity index (χ3v) is 4.11. The smallest absolute Gasteiger partial charge is 0.163 e. The first-order chi connectivity index (χ1) is 11.6. The highest BCUT2D eigenvalue weighted by atomic mass is 15.3. The van der Waals surface area contributed by atoms with E-state index in [9.17, 15) is 0 Å². The van der Waals surface area contributed by atoms with Gasteiger partial charge in [0.15, 0.2) is 5.65 Å². The van der Waals surface area contributed by atoms with Crippen LogP contribution in [0.1, 0.15) is 11.4 Å². The van der Waals surface area contributed by atoms with E-state index in [0.29, 0.717) is 0 Å². The fraction of sp³-hybridized carbons (Fsp3) is 0.389. The largest absolute Gasteiger partial charge is 0.368 e. The summed E-state index contributed by atoms with van der Waals surface area (Å²) in [4.78, 5) is 11.3. The van der Waals surface area contributed by atoms with Crippen LogP contribution in [0.3, 0.4) is 0 Å². The Morgan fingerprint density at radius 2 is 1.92 bits per heavy atom. The van der Waals surface area contributed by atoms with Gasteiger partial charge in [0.2, 0.25) is 0 Å². The monoisotopic (exact) mass is 324 g/mol. The fourth-order valence-electron chi connectivity index (χ4n) is 2.71. The minimum atomic E-state index is 0.756. The molecule has 6 nitrogen and oxygen atoms in total. The number of hydrogen-bond donors (Lipinski definition) is 1. The zero-order valence-corrected chi connectivity index (χ0v) is 14.5. The van der Waals surface area contributed by atoms with E-state index in [0.717, 1.165) is 48.7 Å². The molecule has 3 rings (SSSR count). The lowest BCUT2D eigenvalue weighted by Gasteiger charge is -2.17. The van der Waals surface area contributed by atoms with Gasteiger partial charge in [-0.3, -0.25) is 4.68 Å². The third kappa shape index (κ3) is 3.89. The molecular weight excluding hydrogens is 300 g/mol. The van der Waals surface area contributed by atoms with Gasteiger partial charge in [-0.05, 0) is 26.0 Å². The number of nitrogens with one attached hydrogen (secondary N) is 1. The van der Waals surface area contributed by atoms with E-state index < -0.39 is 0 Å². The lowest BCUT2D eigenvalue weighted by molar-refractivity contribution is 0.351. The maximum absolute atomic E-state index is 4.51. The lowest BCUT2D eigenvalue weighted by atomic mass is 10.1. The van der Waals surface area contributed by atoms with Gasteiger partial charge in [0.1, 0.15) is 11.6 Å². The summed E-state index contributed by atoms with van der Waals surface area (Å²) in [6.07, 6.45) is 2.88. The summed E-state index contributed by atoms with van der Waals surface area (Å²) in [5, 5.41) is 8.66. The molecule has 0 unspecified atom stereocenters. The molecule has 24 heavy (non-hydrogen) atoms. The molecule has 0 radical (unpaired) electrons. The van der Waals surface area contributed by atoms with Gasteiger partial charge in [0, 0.05) is 26.7 Å². The molecule has 1 aromatic carbocycles. The average molecular weight is 324 g/mol. The molecule has 126 valence electrons. The van der Waals surface area contributed by atoms with Gasteiger partial charge in [-0.15, -0.1) is 0 Å². The Labute approximate surface area is 142 Å². The number of fused-ring (bicyclic) bond motifs is 1. The third-order valence-electron chi connectivity index (χ3n) is 4.11. The lowest BCUT2D eigenvalue weighted by Crippen LogP contribution is -2.27. The molecule has 6 heteroatoms. The Bertz CT molecular complexity index is 796. The molecule has 0 amide bonds. The highest BCUT2D eigenvalue weighted by Gasteiger charge is 2.09. The molecule has 0 saturated carbocycles. The number of anilines is 1. The second kappa shape index (κ2) is 7.40. The highest BCUT2D eigenvalue weighted by Crippen LogP contribution is 2.18. The van der Waals surface area contributed by atoms with Crippen molar-refractivity contribution in [2.75, 3.05) is 32.0 Å². The van der Waals surface area contributed by atoms with Crippen molar-refractivity contribution in [3.63, 3.8) is 0 Å². The molecule has 0 aliphatic heterocycles. The summed E-state index contributed by atoms with van der Waals surface area (Å²) in [7, 11) is 4.05. The van der Waals surface area contributed by atoms with Crippen molar-refractivity contribution < 1.29 is 0 Å². The fourth-order valence-corrected chi connectivity index (χ4v) is 2.71. The molecule has 2 aromatic heterocycles. The maximum atomic E-state index is 4.51. The van der Waals surface area contributed by atoms with Crippen LogP contribution in [0.5, 0.6) is 0 Å². The Hall–Kier alpha value is -2.47. The summed E-state index contributed by atoms with van der Waals surface area (Å²) in [5.41, 5.74) is 2.24. The molecule has 2 heterocycles. The maximum Gasteiger partial charge on any atom is 0.163 e. The van der Waals surface area contributed by atoms with Crippen molar-refractivity contribution in [2.24, 2.45) is 7.05 Å². The van der Waals surface area contributed by atoms with Crippen molar-refractivity contribution in [3.8, 4) is 0 Å². The Balaban J connectivity index is 1.53. The summed E-state index contributed by atoms with van der Waals surface area (Å²) in [5.74, 6) is 1.62. The number of aromatic nitrogens is 4. The average Bonchev–Trinajstić information content (AvgIpc) is 2.95. The topological polar surface area (TPSA) is 58.9 Å². The molecule has 0 aliphatic rings. The van der Waals surface area contributed by atoms with Crippen LogP contribution in [0.25, 0.3) is 11.0 Å². The van der Waals surface area contributed by atoms with E-state index in [4.69, 9.17) is 0 Å². The SMILES string of the molecule is Cc1nc(NCCN(C)CCc2ccccc2)c2cnn(C)c2n1. The Morgan fingerprint density at radius 3 is 2.71 bits per heavy atom. The van der Waals surface area contributed by atoms with E-state index in [1.807, 2.05) is 20.2 Å². The van der Waals surface area contributed by atoms with E-state index in [1.165, 1.54) is 5.56 Å². The highest BCUT2D eigenvalue weighted by molar-refractivity contribution is 5.86. The number of rotatable bonds is 7. The number of likely N-dealkylation sites (N-methyl/N-ethyl adjacent to an activating group) is 1. The summed E-state index contributed by atoms with van der Waals surface area (Å²) < 4.78 is 1.78. The van der Waals surface area contributed by atoms with E-state index in [2.05, 4.69) is 62.7 Å². The second-order valence-electron chi connectivity index (χ2n) is 6.09. The molecule has 0 bridgehead atoms. The van der Waals surface area contributed by atoms with Gasteiger partial charge in [-0.2, -0.15) is 5.10 Å². The van der Waals surface area contributed by atoms with Crippen molar-refractivity contribution in [1.29, 1.82) is 0 Å². The van der Waals surface area contributed by atoms with E-state index in [-0.39, 0.29) is 0 Å². The molecular formula is C18H24N6. The molecule has 0 fully saturated rings. The summed E-state index contributed by atoms with van der Waals surface area (Å²) in [6.45, 7) is 4.74. The second-order valence-corrected chi connectivity index (χ2v) is 6.09. The molecule has 1 N–H and O–H groups in total. The molecule has 3 aromatic rings. The molecule has 0 aliphatic carbocycles. The zero-order valence-electron chi connectivity index (χ0n) is 14.5. The first-order valence-electron chi connectivity index (χ1n) is 8.26. The zero-order chi connectivity index (χ0) is 16.9. The van der Waals surface area contributed by atoms with Crippen molar-refractivity contribution >= 4 is 16.9 Å². The Kier molecular flexibility index (Phi) is 5.05. The summed E-state index contributed by atoms with van der Waals surface area (Å²) >= 11 is 0. The van der Waals surface area contributed by atoms with Crippen LogP contribution in [0.4, 0.5) is 5.82 Å². The van der Waals surface area contributed by atoms with Gasteiger partial charge in [-0.25, -0.2) is 9.97 Å². The first-order valence-corrected chi connectivity index (χ1v) is 8.26. The molecule has 0 atom stereocenters. The molecule has 0 saturated heterocycles. The normalized spacial score (nSPS) is 11.3. The first kappa shape index (κ1) is 16.4.